The minimum absolute atomic E-state index is 0.200. The molecular weight excluding hydrogens is 496 g/mol. The van der Waals surface area contributed by atoms with E-state index in [0.29, 0.717) is 24.2 Å². The van der Waals surface area contributed by atoms with Crippen LogP contribution in [0.4, 0.5) is 5.82 Å². The fourth-order valence-electron chi connectivity index (χ4n) is 5.57. The standard InChI is InChI=1S/C29H40N6O4/c1-19-27(26-20(2)33-39-21(26)3)31-28(22-6-5-7-25(16-22)38-18-24(36)17-30-4)32-29(19)35-12-10-34(11-13-35)23-8-14-37-15-9-23/h5-7,16,23-24,30,36H,8-15,17-18H2,1-4H3. The van der Waals surface area contributed by atoms with Crippen LogP contribution in [-0.4, -0.2) is 96.9 Å². The molecule has 5 rings (SSSR count). The van der Waals surface area contributed by atoms with E-state index in [1.54, 1.807) is 7.05 Å². The van der Waals surface area contributed by atoms with Crippen molar-refractivity contribution in [1.82, 2.24) is 25.3 Å². The van der Waals surface area contributed by atoms with Crippen molar-refractivity contribution in [3.05, 3.63) is 41.3 Å². The zero-order valence-electron chi connectivity index (χ0n) is 23.4. The maximum atomic E-state index is 10.1. The molecule has 0 spiro atoms. The van der Waals surface area contributed by atoms with Gasteiger partial charge in [-0.1, -0.05) is 17.3 Å². The number of aliphatic hydroxyl groups is 1. The third kappa shape index (κ3) is 6.24. The number of likely N-dealkylation sites (N-methyl/N-ethyl adjacent to an activating group) is 1. The average molecular weight is 537 g/mol. The second-order valence-corrected chi connectivity index (χ2v) is 10.5. The number of hydrogen-bond donors (Lipinski definition) is 2. The number of ether oxygens (including phenoxy) is 2. The van der Waals surface area contributed by atoms with Gasteiger partial charge in [0.15, 0.2) is 5.82 Å². The molecule has 2 aliphatic heterocycles. The molecule has 1 atom stereocenters. The molecule has 4 heterocycles. The Bertz CT molecular complexity index is 1230. The maximum Gasteiger partial charge on any atom is 0.162 e. The summed E-state index contributed by atoms with van der Waals surface area (Å²) in [7, 11) is 1.80. The minimum Gasteiger partial charge on any atom is -0.491 e. The molecule has 0 amide bonds. The van der Waals surface area contributed by atoms with Crippen LogP contribution in [0.2, 0.25) is 0 Å². The summed E-state index contributed by atoms with van der Waals surface area (Å²) in [6.07, 6.45) is 1.63. The Balaban J connectivity index is 1.46. The molecule has 0 bridgehead atoms. The van der Waals surface area contributed by atoms with Crippen LogP contribution in [0.1, 0.15) is 29.9 Å². The molecule has 2 N–H and O–H groups in total. The Kier molecular flexibility index (Phi) is 8.76. The van der Waals surface area contributed by atoms with Crippen LogP contribution in [0.25, 0.3) is 22.6 Å². The lowest BCUT2D eigenvalue weighted by Crippen LogP contribution is -2.52. The first-order valence-electron chi connectivity index (χ1n) is 13.9. The Morgan fingerprint density at radius 1 is 1.10 bits per heavy atom. The maximum absolute atomic E-state index is 10.1. The van der Waals surface area contributed by atoms with Gasteiger partial charge in [0.1, 0.15) is 30.0 Å². The van der Waals surface area contributed by atoms with E-state index < -0.39 is 6.10 Å². The first-order valence-corrected chi connectivity index (χ1v) is 13.9. The molecule has 10 heteroatoms. The minimum atomic E-state index is -0.591. The average Bonchev–Trinajstić information content (AvgIpc) is 3.30. The van der Waals surface area contributed by atoms with E-state index in [1.165, 1.54) is 0 Å². The van der Waals surface area contributed by atoms with Gasteiger partial charge in [-0.05, 0) is 52.8 Å². The zero-order valence-corrected chi connectivity index (χ0v) is 23.4. The van der Waals surface area contributed by atoms with E-state index in [0.717, 1.165) is 91.9 Å². The molecule has 2 aromatic heterocycles. The lowest BCUT2D eigenvalue weighted by molar-refractivity contribution is 0.0321. The quantitative estimate of drug-likeness (QED) is 0.424. The van der Waals surface area contributed by atoms with Crippen molar-refractivity contribution >= 4 is 5.82 Å². The summed E-state index contributed by atoms with van der Waals surface area (Å²) in [4.78, 5) is 15.1. The number of anilines is 1. The van der Waals surface area contributed by atoms with Crippen molar-refractivity contribution in [2.75, 3.05) is 64.5 Å². The first kappa shape index (κ1) is 27.5. The topological polar surface area (TPSA) is 109 Å². The molecule has 210 valence electrons. The van der Waals surface area contributed by atoms with Gasteiger partial charge in [-0.2, -0.15) is 0 Å². The predicted octanol–water partition coefficient (Wildman–Crippen LogP) is 2.98. The zero-order chi connectivity index (χ0) is 27.4. The van der Waals surface area contributed by atoms with E-state index in [1.807, 2.05) is 38.1 Å². The highest BCUT2D eigenvalue weighted by Gasteiger charge is 2.28. The molecule has 1 aromatic carbocycles. The van der Waals surface area contributed by atoms with Crippen molar-refractivity contribution in [3.63, 3.8) is 0 Å². The molecular formula is C29H40N6O4. The fraction of sp³-hybridized carbons (Fsp3) is 0.552. The number of benzene rings is 1. The van der Waals surface area contributed by atoms with Gasteiger partial charge in [0.2, 0.25) is 0 Å². The summed E-state index contributed by atoms with van der Waals surface area (Å²) in [6.45, 7) is 12.2. The van der Waals surface area contributed by atoms with Gasteiger partial charge in [0, 0.05) is 63.1 Å². The van der Waals surface area contributed by atoms with Gasteiger partial charge >= 0.3 is 0 Å². The Morgan fingerprint density at radius 3 is 2.56 bits per heavy atom. The van der Waals surface area contributed by atoms with Crippen LogP contribution in [-0.2, 0) is 4.74 Å². The van der Waals surface area contributed by atoms with E-state index in [4.69, 9.17) is 24.0 Å². The third-order valence-corrected chi connectivity index (χ3v) is 7.69. The first-order chi connectivity index (χ1) is 18.9. The van der Waals surface area contributed by atoms with Crippen LogP contribution in [0.3, 0.4) is 0 Å². The number of nitrogens with zero attached hydrogens (tertiary/aromatic N) is 5. The summed E-state index contributed by atoms with van der Waals surface area (Å²) in [5, 5.41) is 17.2. The number of rotatable bonds is 9. The van der Waals surface area contributed by atoms with Gasteiger partial charge in [-0.3, -0.25) is 4.90 Å². The Hall–Kier alpha value is -3.05. The highest BCUT2D eigenvalue weighted by Crippen LogP contribution is 2.35. The normalized spacial score (nSPS) is 17.9. The summed E-state index contributed by atoms with van der Waals surface area (Å²) in [5.41, 5.74) is 4.45. The van der Waals surface area contributed by atoms with E-state index in [-0.39, 0.29) is 6.61 Å². The van der Waals surface area contributed by atoms with Crippen molar-refractivity contribution in [3.8, 4) is 28.4 Å². The largest absolute Gasteiger partial charge is 0.491 e. The smallest absolute Gasteiger partial charge is 0.162 e. The monoisotopic (exact) mass is 536 g/mol. The SMILES string of the molecule is CNCC(O)COc1cccc(-c2nc(-c3c(C)noc3C)c(C)c(N3CCN(C4CCOCC4)CC3)n2)c1. The lowest BCUT2D eigenvalue weighted by Gasteiger charge is -2.41. The summed E-state index contributed by atoms with van der Waals surface area (Å²) in [5.74, 6) is 2.97. The molecule has 0 radical (unpaired) electrons. The van der Waals surface area contributed by atoms with Crippen molar-refractivity contribution < 1.29 is 19.1 Å². The Morgan fingerprint density at radius 2 is 1.87 bits per heavy atom. The predicted molar refractivity (Wildman–Crippen MR) is 150 cm³/mol. The molecule has 0 aliphatic carbocycles. The van der Waals surface area contributed by atoms with Gasteiger partial charge in [-0.25, -0.2) is 9.97 Å². The van der Waals surface area contributed by atoms with Gasteiger partial charge in [0.05, 0.1) is 17.0 Å². The number of nitrogens with one attached hydrogen (secondary N) is 1. The van der Waals surface area contributed by atoms with Crippen LogP contribution in [0, 0.1) is 20.8 Å². The number of hydrogen-bond acceptors (Lipinski definition) is 10. The van der Waals surface area contributed by atoms with E-state index in [2.05, 4.69) is 27.2 Å². The molecule has 2 fully saturated rings. The molecule has 3 aromatic rings. The summed E-state index contributed by atoms with van der Waals surface area (Å²) >= 11 is 0. The molecule has 2 aliphatic rings. The highest BCUT2D eigenvalue weighted by molar-refractivity contribution is 5.75. The molecule has 10 nitrogen and oxygen atoms in total. The van der Waals surface area contributed by atoms with Gasteiger partial charge in [-0.15, -0.1) is 0 Å². The van der Waals surface area contributed by atoms with Gasteiger partial charge in [0.25, 0.3) is 0 Å². The Labute approximate surface area is 230 Å². The van der Waals surface area contributed by atoms with E-state index >= 15 is 0 Å². The summed E-state index contributed by atoms with van der Waals surface area (Å²) in [6, 6.07) is 8.34. The second kappa shape index (κ2) is 12.4. The molecule has 1 unspecified atom stereocenters. The summed E-state index contributed by atoms with van der Waals surface area (Å²) < 4.78 is 17.0. The van der Waals surface area contributed by atoms with E-state index in [9.17, 15) is 5.11 Å². The van der Waals surface area contributed by atoms with Gasteiger partial charge < -0.3 is 29.3 Å². The molecule has 2 saturated heterocycles. The number of piperazine rings is 1. The highest BCUT2D eigenvalue weighted by atomic mass is 16.5. The van der Waals surface area contributed by atoms with Crippen molar-refractivity contribution in [2.24, 2.45) is 0 Å². The molecule has 39 heavy (non-hydrogen) atoms. The molecule has 0 saturated carbocycles. The van der Waals surface area contributed by atoms with Crippen LogP contribution in [0.15, 0.2) is 28.8 Å². The fourth-order valence-corrected chi connectivity index (χ4v) is 5.57. The second-order valence-electron chi connectivity index (χ2n) is 10.5. The third-order valence-electron chi connectivity index (χ3n) is 7.69. The van der Waals surface area contributed by atoms with Crippen LogP contribution >= 0.6 is 0 Å². The lowest BCUT2D eigenvalue weighted by atomic mass is 10.0. The number of aromatic nitrogens is 3. The van der Waals surface area contributed by atoms with Crippen molar-refractivity contribution in [2.45, 2.75) is 45.8 Å². The van der Waals surface area contributed by atoms with Crippen molar-refractivity contribution in [1.29, 1.82) is 0 Å². The number of aryl methyl sites for hydroxylation is 2. The number of aliphatic hydroxyl groups excluding tert-OH is 1. The van der Waals surface area contributed by atoms with Crippen LogP contribution < -0.4 is 15.0 Å². The van der Waals surface area contributed by atoms with Crippen LogP contribution in [0.5, 0.6) is 5.75 Å².